The molecule has 0 spiro atoms. The third kappa shape index (κ3) is 10.4. The quantitative estimate of drug-likeness (QED) is 0.142. The molecule has 0 amide bonds. The van der Waals surface area contributed by atoms with Crippen LogP contribution in [0.3, 0.4) is 0 Å². The van der Waals surface area contributed by atoms with Gasteiger partial charge in [0.05, 0.1) is 50.1 Å². The maximum atomic E-state index is 14.6. The highest BCUT2D eigenvalue weighted by atomic mass is 16.6. The van der Waals surface area contributed by atoms with Crippen molar-refractivity contribution in [2.75, 3.05) is 26.4 Å². The molecule has 8 atom stereocenters. The van der Waals surface area contributed by atoms with Gasteiger partial charge in [0.25, 0.3) is 0 Å². The van der Waals surface area contributed by atoms with Crippen LogP contribution in [0.1, 0.15) is 143 Å². The van der Waals surface area contributed by atoms with Gasteiger partial charge in [-0.15, -0.1) is 0 Å². The van der Waals surface area contributed by atoms with Gasteiger partial charge < -0.3 is 40.2 Å². The molecule has 5 fully saturated rings. The Morgan fingerprint density at radius 3 is 0.789 bits per heavy atom. The average molecular weight is 803 g/mol. The lowest BCUT2D eigenvalue weighted by molar-refractivity contribution is -0.170. The van der Waals surface area contributed by atoms with Gasteiger partial charge in [-0.2, -0.15) is 0 Å². The molecule has 12 nitrogen and oxygen atoms in total. The van der Waals surface area contributed by atoms with Crippen LogP contribution in [-0.2, 0) is 38.1 Å². The van der Waals surface area contributed by atoms with E-state index in [0.29, 0.717) is 0 Å². The molecule has 4 saturated heterocycles. The first kappa shape index (κ1) is 45.8. The van der Waals surface area contributed by atoms with Crippen molar-refractivity contribution in [1.82, 2.24) is 21.3 Å². The molecule has 1 saturated carbocycles. The Hall–Kier alpha value is -2.28. The van der Waals surface area contributed by atoms with E-state index in [1.54, 1.807) is 0 Å². The first-order valence-corrected chi connectivity index (χ1v) is 21.6. The van der Waals surface area contributed by atoms with Crippen LogP contribution in [0.25, 0.3) is 0 Å². The molecule has 4 heterocycles. The normalized spacial score (nSPS) is 36.1. The summed E-state index contributed by atoms with van der Waals surface area (Å²) in [4.78, 5) is 57.8. The first-order chi connectivity index (χ1) is 25.8. The topological polar surface area (TPSA) is 153 Å². The van der Waals surface area contributed by atoms with Crippen molar-refractivity contribution in [3.8, 4) is 0 Å². The van der Waals surface area contributed by atoms with E-state index in [1.165, 1.54) is 0 Å². The van der Waals surface area contributed by atoms with E-state index in [0.717, 1.165) is 25.7 Å². The molecule has 4 aliphatic heterocycles. The van der Waals surface area contributed by atoms with Crippen molar-refractivity contribution in [3.05, 3.63) is 0 Å². The van der Waals surface area contributed by atoms with Crippen molar-refractivity contribution >= 4 is 23.9 Å². The minimum Gasteiger partial charge on any atom is -0.465 e. The summed E-state index contributed by atoms with van der Waals surface area (Å²) in [7, 11) is 0. The fourth-order valence-corrected chi connectivity index (χ4v) is 12.0. The minimum atomic E-state index is -1.28. The van der Waals surface area contributed by atoms with Crippen LogP contribution in [0.15, 0.2) is 0 Å². The molecular formula is C45H78N4O8. The molecule has 326 valence electrons. The van der Waals surface area contributed by atoms with Gasteiger partial charge in [-0.25, -0.2) is 0 Å². The predicted molar refractivity (Wildman–Crippen MR) is 220 cm³/mol. The van der Waals surface area contributed by atoms with E-state index in [2.05, 4.69) is 132 Å². The van der Waals surface area contributed by atoms with Crippen molar-refractivity contribution in [2.24, 2.45) is 47.3 Å². The van der Waals surface area contributed by atoms with E-state index in [-0.39, 0.29) is 101 Å². The van der Waals surface area contributed by atoms with Crippen molar-refractivity contribution in [3.63, 3.8) is 0 Å². The number of hydrogen-bond donors (Lipinski definition) is 4. The van der Waals surface area contributed by atoms with Crippen LogP contribution in [-0.4, -0.2) is 94.6 Å². The zero-order valence-corrected chi connectivity index (χ0v) is 38.2. The van der Waals surface area contributed by atoms with Crippen LogP contribution in [0, 0.1) is 47.3 Å². The third-order valence-electron chi connectivity index (χ3n) is 14.4. The second-order valence-corrected chi connectivity index (χ2v) is 23.5. The van der Waals surface area contributed by atoms with E-state index in [9.17, 15) is 19.2 Å². The van der Waals surface area contributed by atoms with Gasteiger partial charge >= 0.3 is 23.9 Å². The van der Waals surface area contributed by atoms with E-state index >= 15 is 0 Å². The molecule has 0 radical (unpaired) electrons. The lowest BCUT2D eigenvalue weighted by Crippen LogP contribution is -2.46. The molecule has 8 unspecified atom stereocenters. The van der Waals surface area contributed by atoms with Crippen molar-refractivity contribution < 1.29 is 38.1 Å². The van der Waals surface area contributed by atoms with Gasteiger partial charge in [-0.05, 0) is 143 Å². The number of carbonyl (C=O) groups is 4. The van der Waals surface area contributed by atoms with Gasteiger partial charge in [0.15, 0.2) is 0 Å². The Balaban J connectivity index is 1.44. The molecule has 0 aromatic heterocycles. The second-order valence-electron chi connectivity index (χ2n) is 23.5. The largest absolute Gasteiger partial charge is 0.465 e. The highest BCUT2D eigenvalue weighted by Gasteiger charge is 2.59. The van der Waals surface area contributed by atoms with Crippen LogP contribution in [0.2, 0.25) is 0 Å². The molecule has 0 bridgehead atoms. The molecule has 0 aromatic carbocycles. The maximum absolute atomic E-state index is 14.6. The summed E-state index contributed by atoms with van der Waals surface area (Å²) in [6, 6.07) is 0. The lowest BCUT2D eigenvalue weighted by Gasteiger charge is -2.30. The number of nitrogens with one attached hydrogen (secondary N) is 4. The monoisotopic (exact) mass is 803 g/mol. The summed E-state index contributed by atoms with van der Waals surface area (Å²) in [6.45, 7) is 34.2. The van der Waals surface area contributed by atoms with Gasteiger partial charge in [0, 0.05) is 68.0 Å². The smallest absolute Gasteiger partial charge is 0.310 e. The lowest BCUT2D eigenvalue weighted by atomic mass is 9.85. The highest BCUT2D eigenvalue weighted by molar-refractivity contribution is 5.93. The summed E-state index contributed by atoms with van der Waals surface area (Å²) in [5.41, 5.74) is -1.80. The Bertz CT molecular complexity index is 1430. The first-order valence-electron chi connectivity index (χ1n) is 21.6. The van der Waals surface area contributed by atoms with Crippen molar-refractivity contribution in [1.29, 1.82) is 0 Å². The Morgan fingerprint density at radius 2 is 0.596 bits per heavy atom. The summed E-state index contributed by atoms with van der Waals surface area (Å²) in [5.74, 6) is -7.35. The molecular weight excluding hydrogens is 725 g/mol. The van der Waals surface area contributed by atoms with E-state index in [4.69, 9.17) is 18.9 Å². The second kappa shape index (κ2) is 15.3. The summed E-state index contributed by atoms with van der Waals surface area (Å²) in [5, 5.41) is 14.5. The summed E-state index contributed by atoms with van der Waals surface area (Å²) < 4.78 is 24.4. The highest BCUT2D eigenvalue weighted by Crippen LogP contribution is 2.47. The molecule has 1 aliphatic carbocycles. The SMILES string of the molecule is CC1(C)CC(COC(=O)C2CC(C(=O)OCC3CC(C)(C)NC3(C)C)C(C(=O)OCC3CC(C)(C)NC3(C)C)C2C(=O)OCC2CC(C)(C)NC2(C)C)C(C)(C)N1. The molecule has 12 heteroatoms. The summed E-state index contributed by atoms with van der Waals surface area (Å²) in [6.07, 6.45) is 3.05. The zero-order valence-electron chi connectivity index (χ0n) is 38.2. The summed E-state index contributed by atoms with van der Waals surface area (Å²) >= 11 is 0. The molecule has 5 rings (SSSR count). The van der Waals surface area contributed by atoms with Crippen LogP contribution < -0.4 is 21.3 Å². The number of carbonyl (C=O) groups excluding carboxylic acids is 4. The number of hydrogen-bond acceptors (Lipinski definition) is 12. The van der Waals surface area contributed by atoms with E-state index in [1.807, 2.05) is 0 Å². The standard InChI is InChI=1S/C45H78N4O8/c1-38(2)18-26(42(9,10)46-38)22-54-34(50)30-17-31(35(51)55-23-27-19-39(3,4)47-43(27,11)12)33(37(53)57-25-29-21-41(7,8)49-45(29,15)16)32(30)36(52)56-24-28-20-40(5,6)48-44(28,13)14/h26-33,46-49H,17-25H2,1-16H3. The zero-order chi connectivity index (χ0) is 42.9. The van der Waals surface area contributed by atoms with Crippen LogP contribution in [0.4, 0.5) is 0 Å². The predicted octanol–water partition coefficient (Wildman–Crippen LogP) is 5.69. The Morgan fingerprint density at radius 1 is 0.386 bits per heavy atom. The van der Waals surface area contributed by atoms with Gasteiger partial charge in [-0.3, -0.25) is 19.2 Å². The molecule has 0 aromatic rings. The fourth-order valence-electron chi connectivity index (χ4n) is 12.0. The number of rotatable bonds is 12. The molecule has 5 aliphatic rings. The fraction of sp³-hybridized carbons (Fsp3) is 0.911. The third-order valence-corrected chi connectivity index (χ3v) is 14.4. The van der Waals surface area contributed by atoms with Crippen LogP contribution in [0.5, 0.6) is 0 Å². The molecule has 4 N–H and O–H groups in total. The van der Waals surface area contributed by atoms with Gasteiger partial charge in [-0.1, -0.05) is 0 Å². The maximum Gasteiger partial charge on any atom is 0.310 e. The minimum absolute atomic E-state index is 0.0112. The van der Waals surface area contributed by atoms with Crippen molar-refractivity contribution in [2.45, 2.75) is 187 Å². The number of esters is 4. The average Bonchev–Trinajstić information content (AvgIpc) is 3.71. The Labute approximate surface area is 343 Å². The Kier molecular flexibility index (Phi) is 12.3. The van der Waals surface area contributed by atoms with Crippen LogP contribution >= 0.6 is 0 Å². The van der Waals surface area contributed by atoms with E-state index < -0.39 is 47.5 Å². The molecule has 57 heavy (non-hydrogen) atoms. The van der Waals surface area contributed by atoms with Gasteiger partial charge in [0.1, 0.15) is 0 Å². The van der Waals surface area contributed by atoms with Gasteiger partial charge in [0.2, 0.25) is 0 Å². The number of ether oxygens (including phenoxy) is 4.